The number of unbranched alkanes of at least 4 members (excludes halogenated alkanes) is 3. The molecule has 0 amide bonds. The van der Waals surface area contributed by atoms with Gasteiger partial charge in [0.05, 0.1) is 19.8 Å². The molecule has 4 nitrogen and oxygen atoms in total. The quantitative estimate of drug-likeness (QED) is 0.473. The summed E-state index contributed by atoms with van der Waals surface area (Å²) in [5.41, 5.74) is -1.16. The molecule has 0 saturated carbocycles. The number of hydrogen-bond acceptors (Lipinski definition) is 4. The van der Waals surface area contributed by atoms with Crippen LogP contribution in [0.4, 0.5) is 0 Å². The van der Waals surface area contributed by atoms with Crippen LogP contribution in [0.15, 0.2) is 0 Å². The summed E-state index contributed by atoms with van der Waals surface area (Å²) in [6.07, 6.45) is 4.15. The van der Waals surface area contributed by atoms with E-state index in [1.165, 1.54) is 6.92 Å². The first-order chi connectivity index (χ1) is 7.10. The van der Waals surface area contributed by atoms with Crippen molar-refractivity contribution < 1.29 is 19.7 Å². The Balaban J connectivity index is 3.73. The van der Waals surface area contributed by atoms with E-state index in [4.69, 9.17) is 14.9 Å². The molecular weight excluding hydrogens is 196 g/mol. The van der Waals surface area contributed by atoms with E-state index in [1.54, 1.807) is 0 Å². The Morgan fingerprint density at radius 2 is 1.80 bits per heavy atom. The predicted octanol–water partition coefficient (Wildman–Crippen LogP) is 1.10. The largest absolute Gasteiger partial charge is 0.465 e. The van der Waals surface area contributed by atoms with Gasteiger partial charge in [-0.15, -0.1) is 0 Å². The average Bonchev–Trinajstić information content (AvgIpc) is 2.27. The van der Waals surface area contributed by atoms with Gasteiger partial charge in [0.2, 0.25) is 0 Å². The Morgan fingerprint density at radius 3 is 2.27 bits per heavy atom. The van der Waals surface area contributed by atoms with E-state index >= 15 is 0 Å². The van der Waals surface area contributed by atoms with E-state index in [0.717, 1.165) is 25.7 Å². The Labute approximate surface area is 91.3 Å². The molecular formula is C11H22O4. The molecule has 0 spiro atoms. The monoisotopic (exact) mass is 218 g/mol. The smallest absolute Gasteiger partial charge is 0.316 e. The second-order valence-corrected chi connectivity index (χ2v) is 4.07. The zero-order chi connectivity index (χ0) is 11.7. The van der Waals surface area contributed by atoms with Crippen LogP contribution in [0, 0.1) is 5.41 Å². The van der Waals surface area contributed by atoms with Crippen molar-refractivity contribution in [2.24, 2.45) is 5.41 Å². The van der Waals surface area contributed by atoms with Crippen LogP contribution in [0.1, 0.15) is 39.5 Å². The Hall–Kier alpha value is -0.610. The number of aliphatic hydroxyl groups is 2. The number of ether oxygens (including phenoxy) is 1. The van der Waals surface area contributed by atoms with Gasteiger partial charge in [0.1, 0.15) is 5.41 Å². The molecule has 0 aromatic rings. The Kier molecular flexibility index (Phi) is 7.34. The van der Waals surface area contributed by atoms with Crippen LogP contribution >= 0.6 is 0 Å². The molecule has 0 unspecified atom stereocenters. The standard InChI is InChI=1S/C11H22O4/c1-3-4-5-6-7-15-10(14)11(2,8-12)9-13/h12-13H,3-9H2,1-2H3. The molecule has 0 aromatic heterocycles. The lowest BCUT2D eigenvalue weighted by molar-refractivity contribution is -0.160. The minimum Gasteiger partial charge on any atom is -0.465 e. The first kappa shape index (κ1) is 14.4. The molecule has 0 aliphatic carbocycles. The number of hydrogen-bond donors (Lipinski definition) is 2. The highest BCUT2D eigenvalue weighted by atomic mass is 16.5. The van der Waals surface area contributed by atoms with Gasteiger partial charge in [-0.3, -0.25) is 4.79 Å². The number of aliphatic hydroxyl groups excluding tert-OH is 2. The number of carbonyl (C=O) groups is 1. The van der Waals surface area contributed by atoms with E-state index in [2.05, 4.69) is 6.92 Å². The molecule has 0 rings (SSSR count). The fourth-order valence-corrected chi connectivity index (χ4v) is 1.05. The van der Waals surface area contributed by atoms with Crippen LogP contribution in [-0.4, -0.2) is 36.0 Å². The summed E-state index contributed by atoms with van der Waals surface area (Å²) in [6, 6.07) is 0. The van der Waals surface area contributed by atoms with Crippen molar-refractivity contribution in [1.82, 2.24) is 0 Å². The second-order valence-electron chi connectivity index (χ2n) is 4.07. The minimum absolute atomic E-state index is 0.369. The van der Waals surface area contributed by atoms with Crippen LogP contribution in [0.25, 0.3) is 0 Å². The third-order valence-corrected chi connectivity index (χ3v) is 2.42. The highest BCUT2D eigenvalue weighted by Gasteiger charge is 2.33. The van der Waals surface area contributed by atoms with E-state index in [-0.39, 0.29) is 0 Å². The lowest BCUT2D eigenvalue weighted by atomic mass is 9.93. The average molecular weight is 218 g/mol. The van der Waals surface area contributed by atoms with E-state index in [0.29, 0.717) is 6.61 Å². The van der Waals surface area contributed by atoms with Crippen LogP contribution in [-0.2, 0) is 9.53 Å². The topological polar surface area (TPSA) is 66.8 Å². The maximum Gasteiger partial charge on any atom is 0.316 e. The zero-order valence-corrected chi connectivity index (χ0v) is 9.66. The molecule has 2 N–H and O–H groups in total. The summed E-state index contributed by atoms with van der Waals surface area (Å²) < 4.78 is 4.98. The third kappa shape index (κ3) is 5.14. The van der Waals surface area contributed by atoms with E-state index in [9.17, 15) is 4.79 Å². The fourth-order valence-electron chi connectivity index (χ4n) is 1.05. The maximum atomic E-state index is 11.4. The molecule has 0 aliphatic rings. The first-order valence-corrected chi connectivity index (χ1v) is 5.49. The molecule has 0 aliphatic heterocycles. The van der Waals surface area contributed by atoms with Gasteiger partial charge in [0.15, 0.2) is 0 Å². The summed E-state index contributed by atoms with van der Waals surface area (Å²) >= 11 is 0. The van der Waals surface area contributed by atoms with Crippen LogP contribution in [0.2, 0.25) is 0 Å². The van der Waals surface area contributed by atoms with Crippen molar-refractivity contribution >= 4 is 5.97 Å². The van der Waals surface area contributed by atoms with Crippen LogP contribution < -0.4 is 0 Å². The number of carbonyl (C=O) groups excluding carboxylic acids is 1. The highest BCUT2D eigenvalue weighted by Crippen LogP contribution is 2.16. The van der Waals surface area contributed by atoms with Gasteiger partial charge in [0.25, 0.3) is 0 Å². The van der Waals surface area contributed by atoms with Crippen molar-refractivity contribution in [3.8, 4) is 0 Å². The fraction of sp³-hybridized carbons (Fsp3) is 0.909. The molecule has 0 atom stereocenters. The van der Waals surface area contributed by atoms with Crippen LogP contribution in [0.5, 0.6) is 0 Å². The lowest BCUT2D eigenvalue weighted by Crippen LogP contribution is -2.37. The minimum atomic E-state index is -1.16. The van der Waals surface area contributed by atoms with Crippen molar-refractivity contribution in [2.45, 2.75) is 39.5 Å². The van der Waals surface area contributed by atoms with Gasteiger partial charge < -0.3 is 14.9 Å². The lowest BCUT2D eigenvalue weighted by Gasteiger charge is -2.22. The zero-order valence-electron chi connectivity index (χ0n) is 9.66. The van der Waals surface area contributed by atoms with Crippen molar-refractivity contribution in [3.05, 3.63) is 0 Å². The first-order valence-electron chi connectivity index (χ1n) is 5.49. The molecule has 0 saturated heterocycles. The maximum absolute atomic E-state index is 11.4. The van der Waals surface area contributed by atoms with Crippen molar-refractivity contribution in [1.29, 1.82) is 0 Å². The molecule has 90 valence electrons. The van der Waals surface area contributed by atoms with Crippen LogP contribution in [0.3, 0.4) is 0 Å². The van der Waals surface area contributed by atoms with Crippen molar-refractivity contribution in [3.63, 3.8) is 0 Å². The molecule has 15 heavy (non-hydrogen) atoms. The van der Waals surface area contributed by atoms with Gasteiger partial charge in [-0.1, -0.05) is 26.2 Å². The molecule has 0 fully saturated rings. The van der Waals surface area contributed by atoms with Gasteiger partial charge in [0, 0.05) is 0 Å². The SMILES string of the molecule is CCCCCCOC(=O)C(C)(CO)CO. The summed E-state index contributed by atoms with van der Waals surface area (Å²) in [7, 11) is 0. The highest BCUT2D eigenvalue weighted by molar-refractivity contribution is 5.76. The third-order valence-electron chi connectivity index (χ3n) is 2.42. The van der Waals surface area contributed by atoms with Gasteiger partial charge in [-0.25, -0.2) is 0 Å². The Bertz CT molecular complexity index is 175. The number of esters is 1. The van der Waals surface area contributed by atoms with Gasteiger partial charge >= 0.3 is 5.97 Å². The van der Waals surface area contributed by atoms with Crippen molar-refractivity contribution in [2.75, 3.05) is 19.8 Å². The second kappa shape index (κ2) is 7.65. The molecule has 0 radical (unpaired) electrons. The predicted molar refractivity (Wildman–Crippen MR) is 57.4 cm³/mol. The molecule has 4 heteroatoms. The molecule has 0 bridgehead atoms. The summed E-state index contributed by atoms with van der Waals surface area (Å²) in [6.45, 7) is 3.19. The van der Waals surface area contributed by atoms with Gasteiger partial charge in [-0.05, 0) is 13.3 Å². The summed E-state index contributed by atoms with van der Waals surface area (Å²) in [4.78, 5) is 11.4. The van der Waals surface area contributed by atoms with E-state index < -0.39 is 24.6 Å². The molecule has 0 aromatic carbocycles. The van der Waals surface area contributed by atoms with E-state index in [1.807, 2.05) is 0 Å². The summed E-state index contributed by atoms with van der Waals surface area (Å²) in [5, 5.41) is 17.9. The molecule has 0 heterocycles. The summed E-state index contributed by atoms with van der Waals surface area (Å²) in [5.74, 6) is -0.524. The number of rotatable bonds is 8. The Morgan fingerprint density at radius 1 is 1.20 bits per heavy atom. The normalized spacial score (nSPS) is 11.5. The van der Waals surface area contributed by atoms with Gasteiger partial charge in [-0.2, -0.15) is 0 Å².